The predicted octanol–water partition coefficient (Wildman–Crippen LogP) is 2.64. The number of nitrogens with one attached hydrogen (secondary N) is 1. The number of carboxylic acid groups (broad SMARTS) is 1. The molecule has 4 rings (SSSR count). The molecule has 1 saturated carbocycles. The molecule has 28 heavy (non-hydrogen) atoms. The average molecular weight is 395 g/mol. The molecule has 2 aromatic rings. The summed E-state index contributed by atoms with van der Waals surface area (Å²) >= 11 is 0. The minimum absolute atomic E-state index is 0.0682. The molecule has 2 atom stereocenters. The highest BCUT2D eigenvalue weighted by Gasteiger charge is 2.35. The summed E-state index contributed by atoms with van der Waals surface area (Å²) in [5.74, 6) is -5.56. The van der Waals surface area contributed by atoms with E-state index in [2.05, 4.69) is 5.32 Å². The second-order valence-corrected chi connectivity index (χ2v) is 7.70. The van der Waals surface area contributed by atoms with E-state index < -0.39 is 45.5 Å². The van der Waals surface area contributed by atoms with Gasteiger partial charge in [0.05, 0.1) is 10.9 Å². The van der Waals surface area contributed by atoms with Crippen molar-refractivity contribution in [1.29, 1.82) is 0 Å². The van der Waals surface area contributed by atoms with Gasteiger partial charge in [0.1, 0.15) is 11.3 Å². The van der Waals surface area contributed by atoms with Crippen LogP contribution in [-0.2, 0) is 0 Å². The first-order valence-electron chi connectivity index (χ1n) is 9.20. The number of aromatic nitrogens is 1. The van der Waals surface area contributed by atoms with Crippen molar-refractivity contribution in [3.63, 3.8) is 0 Å². The first-order valence-corrected chi connectivity index (χ1v) is 9.20. The Morgan fingerprint density at radius 3 is 2.25 bits per heavy atom. The van der Waals surface area contributed by atoms with Crippen molar-refractivity contribution in [1.82, 2.24) is 9.88 Å². The maximum Gasteiger partial charge on any atom is 0.341 e. The number of piperazine rings is 1. The first kappa shape index (κ1) is 18.8. The van der Waals surface area contributed by atoms with Gasteiger partial charge in [-0.15, -0.1) is 0 Å². The van der Waals surface area contributed by atoms with Gasteiger partial charge in [-0.05, 0) is 26.7 Å². The number of nitrogens with zero attached hydrogens (tertiary/aromatic N) is 2. The Labute approximate surface area is 158 Å². The average Bonchev–Trinajstić information content (AvgIpc) is 3.43. The normalized spacial score (nSPS) is 22.7. The Kier molecular flexibility index (Phi) is 4.37. The van der Waals surface area contributed by atoms with Gasteiger partial charge in [-0.3, -0.25) is 4.79 Å². The third-order valence-electron chi connectivity index (χ3n) is 5.32. The molecule has 0 radical (unpaired) electrons. The lowest BCUT2D eigenvalue weighted by atomic mass is 10.1. The monoisotopic (exact) mass is 395 g/mol. The molecule has 1 aliphatic carbocycles. The van der Waals surface area contributed by atoms with Crippen LogP contribution in [0.4, 0.5) is 18.9 Å². The molecule has 0 unspecified atom stereocenters. The molecule has 9 heteroatoms. The van der Waals surface area contributed by atoms with Crippen molar-refractivity contribution in [2.75, 3.05) is 18.0 Å². The summed E-state index contributed by atoms with van der Waals surface area (Å²) in [6.45, 7) is 4.25. The standard InChI is InChI=1S/C19H20F3N3O3/c1-8-5-24(6-9(2)23-8)17-14(21)13(20)12-16(15(17)22)25(10-3-4-10)7-11(18(12)26)19(27)28/h7-10,23H,3-6H2,1-2H3,(H,27,28)/t8-,9-/m1/s1. The highest BCUT2D eigenvalue weighted by molar-refractivity contribution is 5.94. The molecule has 2 N–H and O–H groups in total. The number of fused-ring (bicyclic) bond motifs is 1. The fourth-order valence-corrected chi connectivity index (χ4v) is 4.06. The van der Waals surface area contributed by atoms with Crippen LogP contribution in [0.25, 0.3) is 10.9 Å². The Morgan fingerprint density at radius 2 is 1.71 bits per heavy atom. The van der Waals surface area contributed by atoms with E-state index in [-0.39, 0.29) is 36.7 Å². The summed E-state index contributed by atoms with van der Waals surface area (Å²) in [5.41, 5.74) is -2.80. The second-order valence-electron chi connectivity index (χ2n) is 7.70. The van der Waals surface area contributed by atoms with Gasteiger partial charge in [0.15, 0.2) is 17.5 Å². The largest absolute Gasteiger partial charge is 0.477 e. The molecule has 2 aliphatic rings. The highest BCUT2D eigenvalue weighted by Crippen LogP contribution is 2.40. The maximum atomic E-state index is 15.5. The van der Waals surface area contributed by atoms with Crippen molar-refractivity contribution in [3.8, 4) is 0 Å². The number of benzene rings is 1. The number of carboxylic acids is 1. The summed E-state index contributed by atoms with van der Waals surface area (Å²) in [4.78, 5) is 25.3. The van der Waals surface area contributed by atoms with Crippen LogP contribution in [0.5, 0.6) is 0 Å². The van der Waals surface area contributed by atoms with Gasteiger partial charge in [0.2, 0.25) is 5.43 Å². The lowest BCUT2D eigenvalue weighted by Gasteiger charge is -2.38. The Morgan fingerprint density at radius 1 is 1.11 bits per heavy atom. The van der Waals surface area contributed by atoms with E-state index in [1.54, 1.807) is 0 Å². The van der Waals surface area contributed by atoms with Crippen LogP contribution in [0.3, 0.4) is 0 Å². The minimum atomic E-state index is -1.56. The lowest BCUT2D eigenvalue weighted by Crippen LogP contribution is -2.54. The number of pyridine rings is 1. The molecule has 0 amide bonds. The zero-order valence-electron chi connectivity index (χ0n) is 15.4. The molecule has 6 nitrogen and oxygen atoms in total. The highest BCUT2D eigenvalue weighted by atomic mass is 19.2. The lowest BCUT2D eigenvalue weighted by molar-refractivity contribution is 0.0694. The summed E-state index contributed by atoms with van der Waals surface area (Å²) in [6, 6.07) is -0.378. The maximum absolute atomic E-state index is 15.5. The van der Waals surface area contributed by atoms with Crippen LogP contribution >= 0.6 is 0 Å². The van der Waals surface area contributed by atoms with E-state index >= 15 is 4.39 Å². The molecule has 1 aliphatic heterocycles. The smallest absolute Gasteiger partial charge is 0.341 e. The molecule has 0 spiro atoms. The predicted molar refractivity (Wildman–Crippen MR) is 97.6 cm³/mol. The van der Waals surface area contributed by atoms with E-state index in [0.29, 0.717) is 12.8 Å². The summed E-state index contributed by atoms with van der Waals surface area (Å²) in [6.07, 6.45) is 2.33. The molecule has 150 valence electrons. The van der Waals surface area contributed by atoms with E-state index in [4.69, 9.17) is 0 Å². The zero-order chi connectivity index (χ0) is 20.3. The molecule has 1 aromatic carbocycles. The molecular formula is C19H20F3N3O3. The summed E-state index contributed by atoms with van der Waals surface area (Å²) < 4.78 is 46.7. The number of rotatable bonds is 3. The molecule has 0 bridgehead atoms. The third-order valence-corrected chi connectivity index (χ3v) is 5.32. The number of halogens is 3. The van der Waals surface area contributed by atoms with Gasteiger partial charge in [0.25, 0.3) is 0 Å². The Hall–Kier alpha value is -2.55. The summed E-state index contributed by atoms with van der Waals surface area (Å²) in [7, 11) is 0. The van der Waals surface area contributed by atoms with Crippen LogP contribution < -0.4 is 15.6 Å². The van der Waals surface area contributed by atoms with Crippen LogP contribution in [0.15, 0.2) is 11.0 Å². The molecule has 2 fully saturated rings. The zero-order valence-corrected chi connectivity index (χ0v) is 15.4. The van der Waals surface area contributed by atoms with Gasteiger partial charge in [-0.25, -0.2) is 18.0 Å². The fourth-order valence-electron chi connectivity index (χ4n) is 4.06. The number of carbonyl (C=O) groups is 1. The summed E-state index contributed by atoms with van der Waals surface area (Å²) in [5, 5.41) is 11.7. The third kappa shape index (κ3) is 2.85. The van der Waals surface area contributed by atoms with Crippen LogP contribution in [0.2, 0.25) is 0 Å². The van der Waals surface area contributed by atoms with Crippen molar-refractivity contribution < 1.29 is 23.1 Å². The SMILES string of the molecule is C[C@@H]1CN(c2c(F)c(F)c3c(=O)c(C(=O)O)cn(C4CC4)c3c2F)C[C@@H](C)N1. The quantitative estimate of drug-likeness (QED) is 0.782. The minimum Gasteiger partial charge on any atom is -0.477 e. The topological polar surface area (TPSA) is 74.6 Å². The van der Waals surface area contributed by atoms with Gasteiger partial charge in [-0.1, -0.05) is 0 Å². The van der Waals surface area contributed by atoms with Gasteiger partial charge >= 0.3 is 5.97 Å². The van der Waals surface area contributed by atoms with E-state index in [0.717, 1.165) is 6.20 Å². The number of hydrogen-bond acceptors (Lipinski definition) is 4. The Balaban J connectivity index is 2.05. The first-order chi connectivity index (χ1) is 13.2. The van der Waals surface area contributed by atoms with E-state index in [1.807, 2.05) is 13.8 Å². The van der Waals surface area contributed by atoms with Crippen molar-refractivity contribution in [3.05, 3.63) is 39.4 Å². The van der Waals surface area contributed by atoms with Crippen LogP contribution in [-0.4, -0.2) is 40.8 Å². The van der Waals surface area contributed by atoms with Gasteiger partial charge in [-0.2, -0.15) is 0 Å². The molecule has 1 aromatic heterocycles. The number of aromatic carboxylic acids is 1. The van der Waals surface area contributed by atoms with E-state index in [9.17, 15) is 23.5 Å². The number of hydrogen-bond donors (Lipinski definition) is 2. The number of anilines is 1. The Bertz CT molecular complexity index is 1040. The van der Waals surface area contributed by atoms with Gasteiger partial charge in [0, 0.05) is 37.4 Å². The van der Waals surface area contributed by atoms with Crippen LogP contribution in [0, 0.1) is 17.5 Å². The molecule has 2 heterocycles. The van der Waals surface area contributed by atoms with Crippen molar-refractivity contribution in [2.24, 2.45) is 0 Å². The van der Waals surface area contributed by atoms with Crippen molar-refractivity contribution in [2.45, 2.75) is 44.8 Å². The fraction of sp³-hybridized carbons (Fsp3) is 0.474. The van der Waals surface area contributed by atoms with Crippen LogP contribution in [0.1, 0.15) is 43.1 Å². The second kappa shape index (κ2) is 6.51. The van der Waals surface area contributed by atoms with Crippen molar-refractivity contribution >= 4 is 22.6 Å². The molecular weight excluding hydrogens is 375 g/mol. The molecule has 1 saturated heterocycles. The van der Waals surface area contributed by atoms with Gasteiger partial charge < -0.3 is 19.9 Å². The van der Waals surface area contributed by atoms with E-state index in [1.165, 1.54) is 9.47 Å².